The van der Waals surface area contributed by atoms with Crippen molar-refractivity contribution in [2.75, 3.05) is 11.1 Å². The lowest BCUT2D eigenvalue weighted by molar-refractivity contribution is -0.113. The minimum Gasteiger partial charge on any atom is -0.349 e. The van der Waals surface area contributed by atoms with Gasteiger partial charge >= 0.3 is 0 Å². The molecule has 5 rings (SSSR count). The molecule has 0 aliphatic heterocycles. The molecule has 1 aromatic carbocycles. The van der Waals surface area contributed by atoms with Crippen LogP contribution in [0, 0.1) is 0 Å². The van der Waals surface area contributed by atoms with Crippen LogP contribution in [0.5, 0.6) is 0 Å². The molecule has 148 valence electrons. The summed E-state index contributed by atoms with van der Waals surface area (Å²) < 4.78 is 0. The van der Waals surface area contributed by atoms with Gasteiger partial charge in [-0.3, -0.25) is 9.59 Å². The van der Waals surface area contributed by atoms with Gasteiger partial charge in [0.15, 0.2) is 0 Å². The van der Waals surface area contributed by atoms with E-state index in [-0.39, 0.29) is 17.6 Å². The van der Waals surface area contributed by atoms with Crippen LogP contribution < -0.4 is 10.6 Å². The minimum absolute atomic E-state index is 0.0901. The summed E-state index contributed by atoms with van der Waals surface area (Å²) in [6, 6.07) is 7.37. The van der Waals surface area contributed by atoms with Gasteiger partial charge in [0.1, 0.15) is 16.2 Å². The summed E-state index contributed by atoms with van der Waals surface area (Å²) >= 11 is 3.19. The monoisotopic (exact) mass is 424 g/mol. The van der Waals surface area contributed by atoms with Crippen molar-refractivity contribution in [3.63, 3.8) is 0 Å². The second-order valence-electron chi connectivity index (χ2n) is 7.38. The molecule has 1 saturated carbocycles. The molecule has 29 heavy (non-hydrogen) atoms. The van der Waals surface area contributed by atoms with E-state index in [0.717, 1.165) is 40.9 Å². The fourth-order valence-electron chi connectivity index (χ4n) is 3.57. The summed E-state index contributed by atoms with van der Waals surface area (Å²) in [7, 11) is 0. The predicted octanol–water partition coefficient (Wildman–Crippen LogP) is 3.80. The van der Waals surface area contributed by atoms with Gasteiger partial charge in [0.25, 0.3) is 5.91 Å². The maximum Gasteiger partial charge on any atom is 0.251 e. The number of aryl methyl sites for hydroxylation is 2. The summed E-state index contributed by atoms with van der Waals surface area (Å²) in [5.74, 6) is 0.0518. The van der Waals surface area contributed by atoms with Crippen LogP contribution in [0.4, 0.5) is 5.69 Å². The van der Waals surface area contributed by atoms with Gasteiger partial charge in [-0.05, 0) is 55.9 Å². The second kappa shape index (κ2) is 7.76. The summed E-state index contributed by atoms with van der Waals surface area (Å²) in [4.78, 5) is 35.9. The summed E-state index contributed by atoms with van der Waals surface area (Å²) in [5.41, 5.74) is 2.56. The zero-order valence-corrected chi connectivity index (χ0v) is 17.4. The number of hydrogen-bond donors (Lipinski definition) is 2. The van der Waals surface area contributed by atoms with Crippen molar-refractivity contribution < 1.29 is 9.59 Å². The van der Waals surface area contributed by atoms with Crippen LogP contribution >= 0.6 is 23.1 Å². The molecule has 8 heteroatoms. The highest BCUT2D eigenvalue weighted by atomic mass is 32.2. The Bertz CT molecular complexity index is 1110. The molecule has 0 saturated heterocycles. The Morgan fingerprint density at radius 2 is 2.10 bits per heavy atom. The summed E-state index contributed by atoms with van der Waals surface area (Å²) in [6.45, 7) is 0. The third-order valence-corrected chi connectivity index (χ3v) is 7.32. The quantitative estimate of drug-likeness (QED) is 0.464. The molecule has 0 atom stereocenters. The standard InChI is InChI=1S/C21H20N4O2S2/c26-17(24-14-4-1-3-12(9-14)19(27)25-13-7-8-13)10-28-20-18-15-5-2-6-16(15)29-21(18)23-11-22-20/h1,3-4,9,11,13H,2,5-8,10H2,(H,24,26)(H,25,27). The van der Waals surface area contributed by atoms with Crippen LogP contribution in [0.25, 0.3) is 10.2 Å². The Morgan fingerprint density at radius 3 is 2.97 bits per heavy atom. The van der Waals surface area contributed by atoms with E-state index in [9.17, 15) is 9.59 Å². The molecule has 2 aliphatic rings. The van der Waals surface area contributed by atoms with Gasteiger partial charge in [-0.1, -0.05) is 17.8 Å². The van der Waals surface area contributed by atoms with E-state index in [4.69, 9.17) is 0 Å². The Morgan fingerprint density at radius 1 is 1.21 bits per heavy atom. The van der Waals surface area contributed by atoms with Crippen molar-refractivity contribution in [1.82, 2.24) is 15.3 Å². The molecular weight excluding hydrogens is 404 g/mol. The maximum atomic E-state index is 12.5. The van der Waals surface area contributed by atoms with Crippen LogP contribution in [0.3, 0.4) is 0 Å². The van der Waals surface area contributed by atoms with Crippen molar-refractivity contribution >= 4 is 50.8 Å². The first-order valence-corrected chi connectivity index (χ1v) is 11.6. The van der Waals surface area contributed by atoms with E-state index in [1.807, 2.05) is 0 Å². The molecule has 0 unspecified atom stereocenters. The normalized spacial score (nSPS) is 15.3. The Labute approximate surface area is 176 Å². The van der Waals surface area contributed by atoms with Gasteiger partial charge in [-0.25, -0.2) is 9.97 Å². The van der Waals surface area contributed by atoms with Gasteiger partial charge in [0.2, 0.25) is 5.91 Å². The number of carbonyl (C=O) groups is 2. The van der Waals surface area contributed by atoms with Gasteiger partial charge in [0.05, 0.1) is 5.75 Å². The van der Waals surface area contributed by atoms with Crippen molar-refractivity contribution in [1.29, 1.82) is 0 Å². The lowest BCUT2D eigenvalue weighted by Crippen LogP contribution is -2.25. The zero-order valence-electron chi connectivity index (χ0n) is 15.7. The topological polar surface area (TPSA) is 84.0 Å². The van der Waals surface area contributed by atoms with Crippen LogP contribution in [0.1, 0.15) is 40.1 Å². The number of anilines is 1. The number of nitrogens with one attached hydrogen (secondary N) is 2. The Kier molecular flexibility index (Phi) is 4.97. The molecule has 3 aromatic rings. The largest absolute Gasteiger partial charge is 0.349 e. The molecule has 2 N–H and O–H groups in total. The zero-order chi connectivity index (χ0) is 19.8. The number of thioether (sulfide) groups is 1. The molecule has 0 spiro atoms. The lowest BCUT2D eigenvalue weighted by Gasteiger charge is -2.08. The highest BCUT2D eigenvalue weighted by Crippen LogP contribution is 2.40. The van der Waals surface area contributed by atoms with E-state index < -0.39 is 0 Å². The highest BCUT2D eigenvalue weighted by molar-refractivity contribution is 8.00. The first-order chi connectivity index (χ1) is 14.2. The molecule has 2 amide bonds. The first kappa shape index (κ1) is 18.6. The SMILES string of the molecule is O=C(CSc1ncnc2sc3c(c12)CCC3)Nc1cccc(C(=O)NC2CC2)c1. The van der Waals surface area contributed by atoms with Gasteiger partial charge in [0, 0.05) is 27.6 Å². The van der Waals surface area contributed by atoms with E-state index in [0.29, 0.717) is 17.3 Å². The smallest absolute Gasteiger partial charge is 0.251 e. The number of aromatic nitrogens is 2. The second-order valence-corrected chi connectivity index (χ2v) is 9.43. The number of amides is 2. The molecule has 2 aromatic heterocycles. The van der Waals surface area contributed by atoms with Crippen LogP contribution in [-0.4, -0.2) is 33.6 Å². The molecule has 2 heterocycles. The van der Waals surface area contributed by atoms with Crippen molar-refractivity contribution in [3.05, 3.63) is 46.6 Å². The van der Waals surface area contributed by atoms with Crippen LogP contribution in [0.2, 0.25) is 0 Å². The molecule has 0 bridgehead atoms. The third-order valence-electron chi connectivity index (χ3n) is 5.13. The summed E-state index contributed by atoms with van der Waals surface area (Å²) in [5, 5.41) is 7.86. The van der Waals surface area contributed by atoms with E-state index in [1.54, 1.807) is 41.9 Å². The maximum absolute atomic E-state index is 12.5. The lowest BCUT2D eigenvalue weighted by atomic mass is 10.2. The van der Waals surface area contributed by atoms with E-state index >= 15 is 0 Å². The number of fused-ring (bicyclic) bond motifs is 3. The Hall–Kier alpha value is -2.45. The van der Waals surface area contributed by atoms with Crippen molar-refractivity contribution in [3.8, 4) is 0 Å². The van der Waals surface area contributed by atoms with Gasteiger partial charge < -0.3 is 10.6 Å². The van der Waals surface area contributed by atoms with Crippen LogP contribution in [0.15, 0.2) is 35.6 Å². The number of nitrogens with zero attached hydrogens (tertiary/aromatic N) is 2. The average molecular weight is 425 g/mol. The predicted molar refractivity (Wildman–Crippen MR) is 116 cm³/mol. The average Bonchev–Trinajstić information content (AvgIpc) is 3.29. The number of hydrogen-bond acceptors (Lipinski definition) is 6. The molecule has 1 fully saturated rings. The Balaban J connectivity index is 1.25. The number of rotatable bonds is 6. The summed E-state index contributed by atoms with van der Waals surface area (Å²) in [6.07, 6.45) is 7.04. The fraction of sp³-hybridized carbons (Fsp3) is 0.333. The minimum atomic E-state index is -0.117. The number of benzene rings is 1. The number of carbonyl (C=O) groups excluding carboxylic acids is 2. The molecule has 2 aliphatic carbocycles. The van der Waals surface area contributed by atoms with Gasteiger partial charge in [-0.2, -0.15) is 0 Å². The van der Waals surface area contributed by atoms with Gasteiger partial charge in [-0.15, -0.1) is 11.3 Å². The fourth-order valence-corrected chi connectivity index (χ4v) is 5.69. The van der Waals surface area contributed by atoms with E-state index in [1.165, 1.54) is 28.6 Å². The first-order valence-electron chi connectivity index (χ1n) is 9.76. The molecule has 6 nitrogen and oxygen atoms in total. The third kappa shape index (κ3) is 4.00. The van der Waals surface area contributed by atoms with Crippen molar-refractivity contribution in [2.45, 2.75) is 43.2 Å². The van der Waals surface area contributed by atoms with E-state index in [2.05, 4.69) is 20.6 Å². The molecule has 0 radical (unpaired) electrons. The molecular formula is C21H20N4O2S2. The highest BCUT2D eigenvalue weighted by Gasteiger charge is 2.24. The number of thiophene rings is 1. The van der Waals surface area contributed by atoms with Crippen LogP contribution in [-0.2, 0) is 17.6 Å². The van der Waals surface area contributed by atoms with Crippen molar-refractivity contribution in [2.24, 2.45) is 0 Å².